The third kappa shape index (κ3) is 4.28. The van der Waals surface area contributed by atoms with E-state index in [0.717, 1.165) is 33.2 Å². The Morgan fingerprint density at radius 3 is 1.74 bits per heavy atom. The summed E-state index contributed by atoms with van der Waals surface area (Å²) in [6, 6.07) is 58.2. The van der Waals surface area contributed by atoms with Gasteiger partial charge in [-0.3, -0.25) is 4.57 Å². The Morgan fingerprint density at radius 2 is 1.02 bits per heavy atom. The zero-order chi connectivity index (χ0) is 35.3. The number of rotatable bonds is 4. The molecule has 5 heteroatoms. The van der Waals surface area contributed by atoms with Gasteiger partial charge < -0.3 is 4.57 Å². The van der Waals surface area contributed by atoms with Gasteiger partial charge in [0.15, 0.2) is 11.6 Å². The molecule has 0 atom stereocenters. The molecule has 0 N–H and O–H groups in total. The van der Waals surface area contributed by atoms with Gasteiger partial charge in [0.05, 0.1) is 22.1 Å². The summed E-state index contributed by atoms with van der Waals surface area (Å²) >= 11 is 0. The minimum absolute atomic E-state index is 0.113. The summed E-state index contributed by atoms with van der Waals surface area (Å²) in [5.74, 6) is 1.86. The number of para-hydroxylation sites is 2. The van der Waals surface area contributed by atoms with E-state index in [4.69, 9.17) is 15.0 Å². The van der Waals surface area contributed by atoms with Gasteiger partial charge in [-0.2, -0.15) is 9.97 Å². The van der Waals surface area contributed by atoms with Crippen molar-refractivity contribution in [1.29, 1.82) is 0 Å². The number of nitrogens with zero attached hydrogens (tertiary/aromatic N) is 5. The molecule has 0 fully saturated rings. The Balaban J connectivity index is 1.24. The molecule has 3 aromatic heterocycles. The molecule has 53 heavy (non-hydrogen) atoms. The first-order valence-electron chi connectivity index (χ1n) is 18.1. The van der Waals surface area contributed by atoms with Crippen molar-refractivity contribution in [2.45, 2.75) is 19.3 Å². The van der Waals surface area contributed by atoms with E-state index < -0.39 is 0 Å². The van der Waals surface area contributed by atoms with Crippen molar-refractivity contribution in [2.75, 3.05) is 0 Å². The second-order valence-corrected chi connectivity index (χ2v) is 14.5. The standard InChI is InChI=1S/C48H33N5/c1-48(2)38-22-12-9-19-33(38)34-26-25-32(29-39(34)48)52-40-23-13-10-20-35(40)36-27-28-42-43(44(36)52)37-21-11-14-24-41(37)53(42)47-50-45(30-15-5-3-6-16-30)49-46(51-47)31-17-7-4-8-18-31/h3-29H,1-2H3. The maximum Gasteiger partial charge on any atom is 0.238 e. The Labute approximate surface area is 306 Å². The van der Waals surface area contributed by atoms with Crippen molar-refractivity contribution in [3.05, 3.63) is 175 Å². The quantitative estimate of drug-likeness (QED) is 0.186. The van der Waals surface area contributed by atoms with Gasteiger partial charge in [0.25, 0.3) is 0 Å². The van der Waals surface area contributed by atoms with Crippen LogP contribution in [0.5, 0.6) is 0 Å². The monoisotopic (exact) mass is 679 g/mol. The summed E-state index contributed by atoms with van der Waals surface area (Å²) in [5.41, 5.74) is 12.7. The molecular weight excluding hydrogens is 647 g/mol. The van der Waals surface area contributed by atoms with Crippen LogP contribution in [0.2, 0.25) is 0 Å². The van der Waals surface area contributed by atoms with Crippen molar-refractivity contribution in [2.24, 2.45) is 0 Å². The second kappa shape index (κ2) is 11.1. The Hall–Kier alpha value is -6.85. The van der Waals surface area contributed by atoms with E-state index in [2.05, 4.69) is 150 Å². The molecule has 5 nitrogen and oxygen atoms in total. The zero-order valence-corrected chi connectivity index (χ0v) is 29.3. The fraction of sp³-hybridized carbons (Fsp3) is 0.0625. The lowest BCUT2D eigenvalue weighted by Gasteiger charge is -2.22. The maximum atomic E-state index is 5.18. The van der Waals surface area contributed by atoms with Gasteiger partial charge >= 0.3 is 0 Å². The molecule has 250 valence electrons. The van der Waals surface area contributed by atoms with Crippen LogP contribution in [0, 0.1) is 0 Å². The van der Waals surface area contributed by atoms with E-state index >= 15 is 0 Å². The molecule has 11 rings (SSSR count). The third-order valence-corrected chi connectivity index (χ3v) is 11.2. The van der Waals surface area contributed by atoms with Gasteiger partial charge in [-0.25, -0.2) is 4.98 Å². The maximum absolute atomic E-state index is 5.18. The average molecular weight is 680 g/mol. The fourth-order valence-corrected chi connectivity index (χ4v) is 8.72. The van der Waals surface area contributed by atoms with Gasteiger partial charge in [0, 0.05) is 43.8 Å². The minimum Gasteiger partial charge on any atom is -0.309 e. The third-order valence-electron chi connectivity index (χ3n) is 11.2. The molecule has 0 unspecified atom stereocenters. The van der Waals surface area contributed by atoms with Crippen molar-refractivity contribution in [3.63, 3.8) is 0 Å². The van der Waals surface area contributed by atoms with E-state index in [1.165, 1.54) is 49.4 Å². The second-order valence-electron chi connectivity index (χ2n) is 14.5. The summed E-state index contributed by atoms with van der Waals surface area (Å²) in [5, 5.41) is 4.75. The lowest BCUT2D eigenvalue weighted by molar-refractivity contribution is 0.660. The largest absolute Gasteiger partial charge is 0.309 e. The summed E-state index contributed by atoms with van der Waals surface area (Å²) in [4.78, 5) is 15.4. The highest BCUT2D eigenvalue weighted by Crippen LogP contribution is 2.50. The molecule has 10 aromatic rings. The van der Waals surface area contributed by atoms with Gasteiger partial charge in [-0.05, 0) is 52.6 Å². The Kier molecular flexibility index (Phi) is 6.23. The fourth-order valence-electron chi connectivity index (χ4n) is 8.72. The van der Waals surface area contributed by atoms with Crippen LogP contribution in [0.15, 0.2) is 164 Å². The minimum atomic E-state index is -0.113. The topological polar surface area (TPSA) is 48.5 Å². The smallest absolute Gasteiger partial charge is 0.238 e. The van der Waals surface area contributed by atoms with Crippen LogP contribution in [0.1, 0.15) is 25.0 Å². The Bertz CT molecular complexity index is 3020. The number of aromatic nitrogens is 5. The lowest BCUT2D eigenvalue weighted by Crippen LogP contribution is -2.15. The Morgan fingerprint density at radius 1 is 0.434 bits per heavy atom. The van der Waals surface area contributed by atoms with Gasteiger partial charge in [0.1, 0.15) is 0 Å². The van der Waals surface area contributed by atoms with Crippen molar-refractivity contribution < 1.29 is 0 Å². The molecule has 1 aliphatic rings. The van der Waals surface area contributed by atoms with Crippen molar-refractivity contribution >= 4 is 43.6 Å². The van der Waals surface area contributed by atoms with Crippen LogP contribution in [0.4, 0.5) is 0 Å². The number of hydrogen-bond acceptors (Lipinski definition) is 3. The molecule has 0 saturated carbocycles. The highest BCUT2D eigenvalue weighted by molar-refractivity contribution is 6.26. The van der Waals surface area contributed by atoms with E-state index in [9.17, 15) is 0 Å². The van der Waals surface area contributed by atoms with E-state index in [-0.39, 0.29) is 5.41 Å². The SMILES string of the molecule is CC1(C)c2ccccc2-c2ccc(-n3c4ccccc4c4ccc5c(c6ccccc6n5-c5nc(-c6ccccc6)nc(-c6ccccc6)n5)c43)cc21. The first-order valence-corrected chi connectivity index (χ1v) is 18.1. The van der Waals surface area contributed by atoms with E-state index in [1.807, 2.05) is 36.4 Å². The first kappa shape index (κ1) is 29.8. The van der Waals surface area contributed by atoms with Crippen LogP contribution >= 0.6 is 0 Å². The molecule has 0 spiro atoms. The summed E-state index contributed by atoms with van der Waals surface area (Å²) in [6.45, 7) is 4.70. The number of benzene rings is 7. The van der Waals surface area contributed by atoms with Crippen LogP contribution in [-0.2, 0) is 5.41 Å². The molecule has 0 amide bonds. The average Bonchev–Trinajstić information content (AvgIpc) is 3.81. The highest BCUT2D eigenvalue weighted by atomic mass is 15.2. The van der Waals surface area contributed by atoms with Crippen molar-refractivity contribution in [3.8, 4) is 45.5 Å². The molecule has 7 aromatic carbocycles. The molecule has 1 aliphatic carbocycles. The lowest BCUT2D eigenvalue weighted by atomic mass is 9.82. The summed E-state index contributed by atoms with van der Waals surface area (Å²) < 4.78 is 4.69. The highest BCUT2D eigenvalue weighted by Gasteiger charge is 2.35. The zero-order valence-electron chi connectivity index (χ0n) is 29.3. The van der Waals surface area contributed by atoms with E-state index in [0.29, 0.717) is 17.6 Å². The predicted octanol–water partition coefficient (Wildman–Crippen LogP) is 11.7. The number of fused-ring (bicyclic) bond motifs is 10. The summed E-state index contributed by atoms with van der Waals surface area (Å²) in [7, 11) is 0. The van der Waals surface area contributed by atoms with Crippen LogP contribution < -0.4 is 0 Å². The molecule has 0 bridgehead atoms. The van der Waals surface area contributed by atoms with Gasteiger partial charge in [0.2, 0.25) is 5.95 Å². The number of hydrogen-bond donors (Lipinski definition) is 0. The summed E-state index contributed by atoms with van der Waals surface area (Å²) in [6.07, 6.45) is 0. The molecular formula is C48H33N5. The molecule has 3 heterocycles. The molecule has 0 radical (unpaired) electrons. The molecule has 0 saturated heterocycles. The van der Waals surface area contributed by atoms with Gasteiger partial charge in [-0.15, -0.1) is 0 Å². The first-order chi connectivity index (χ1) is 26.1. The van der Waals surface area contributed by atoms with Crippen molar-refractivity contribution in [1.82, 2.24) is 24.1 Å². The normalized spacial score (nSPS) is 13.2. The van der Waals surface area contributed by atoms with Gasteiger partial charge in [-0.1, -0.05) is 147 Å². The van der Waals surface area contributed by atoms with Crippen LogP contribution in [0.25, 0.3) is 89.2 Å². The molecule has 0 aliphatic heterocycles. The van der Waals surface area contributed by atoms with Crippen LogP contribution in [0.3, 0.4) is 0 Å². The van der Waals surface area contributed by atoms with E-state index in [1.54, 1.807) is 0 Å². The van der Waals surface area contributed by atoms with Crippen LogP contribution in [-0.4, -0.2) is 24.1 Å². The predicted molar refractivity (Wildman–Crippen MR) is 217 cm³/mol.